The van der Waals surface area contributed by atoms with Gasteiger partial charge >= 0.3 is 0 Å². The second kappa shape index (κ2) is 4.02. The molecule has 1 aromatic carbocycles. The Bertz CT molecular complexity index is 324. The maximum Gasteiger partial charge on any atom is 0.210 e. The maximum absolute atomic E-state index is 5.94. The Hall–Kier alpha value is -1.00. The molecule has 1 aliphatic rings. The lowest BCUT2D eigenvalue weighted by Gasteiger charge is -2.22. The molecule has 14 heavy (non-hydrogen) atoms. The van der Waals surface area contributed by atoms with Crippen molar-refractivity contribution in [3.8, 4) is 0 Å². The van der Waals surface area contributed by atoms with Gasteiger partial charge in [0, 0.05) is 6.61 Å². The van der Waals surface area contributed by atoms with Crippen LogP contribution in [0.1, 0.15) is 12.8 Å². The highest BCUT2D eigenvalue weighted by Crippen LogP contribution is 2.17. The van der Waals surface area contributed by atoms with E-state index in [1.165, 1.54) is 24.1 Å². The summed E-state index contributed by atoms with van der Waals surface area (Å²) in [5.74, 6) is 0. The van der Waals surface area contributed by atoms with Gasteiger partial charge in [0.2, 0.25) is 9.04 Å². The van der Waals surface area contributed by atoms with Crippen LogP contribution < -0.4 is 16.7 Å². The van der Waals surface area contributed by atoms with Gasteiger partial charge in [-0.05, 0) is 23.7 Å². The summed E-state index contributed by atoms with van der Waals surface area (Å²) in [6.45, 7) is 0.894. The third-order valence-corrected chi connectivity index (χ3v) is 5.47. The summed E-state index contributed by atoms with van der Waals surface area (Å²) in [7, 11) is -1.26. The minimum atomic E-state index is -1.26. The van der Waals surface area contributed by atoms with E-state index in [1.54, 1.807) is 0 Å². The molecule has 0 aliphatic carbocycles. The minimum absolute atomic E-state index is 0.684. The lowest BCUT2D eigenvalue weighted by molar-refractivity contribution is 0.295. The zero-order valence-electron chi connectivity index (χ0n) is 8.20. The van der Waals surface area contributed by atoms with Crippen LogP contribution in [0.5, 0.6) is 0 Å². The van der Waals surface area contributed by atoms with Crippen molar-refractivity contribution >= 4 is 25.6 Å². The Kier molecular flexibility index (Phi) is 2.74. The molecule has 1 aliphatic heterocycles. The monoisotopic (exact) mass is 208 g/mol. The van der Waals surface area contributed by atoms with Gasteiger partial charge in [0.1, 0.15) is 0 Å². The number of benzene rings is 1. The van der Waals surface area contributed by atoms with E-state index >= 15 is 0 Å². The van der Waals surface area contributed by atoms with Gasteiger partial charge in [0.15, 0.2) is 0 Å². The van der Waals surface area contributed by atoms with Gasteiger partial charge < -0.3 is 15.9 Å². The molecule has 1 aromatic rings. The molecule has 0 amide bonds. The normalized spacial score (nSPS) is 22.1. The van der Waals surface area contributed by atoms with E-state index in [2.05, 4.69) is 6.07 Å². The molecule has 76 valence electrons. The van der Waals surface area contributed by atoms with Crippen molar-refractivity contribution in [2.24, 2.45) is 0 Å². The van der Waals surface area contributed by atoms with Crippen LogP contribution in [0.15, 0.2) is 18.2 Å². The van der Waals surface area contributed by atoms with Gasteiger partial charge in [-0.25, -0.2) is 0 Å². The molecule has 1 fully saturated rings. The van der Waals surface area contributed by atoms with E-state index < -0.39 is 9.04 Å². The van der Waals surface area contributed by atoms with E-state index in [4.69, 9.17) is 15.9 Å². The summed E-state index contributed by atoms with van der Waals surface area (Å²) in [6, 6.07) is 7.06. The van der Waals surface area contributed by atoms with Crippen LogP contribution in [0.4, 0.5) is 11.4 Å². The van der Waals surface area contributed by atoms with E-state index in [1.807, 2.05) is 12.1 Å². The van der Waals surface area contributed by atoms with Gasteiger partial charge in [0.25, 0.3) is 0 Å². The third kappa shape index (κ3) is 1.76. The van der Waals surface area contributed by atoms with Crippen LogP contribution in [-0.2, 0) is 4.43 Å². The van der Waals surface area contributed by atoms with Crippen LogP contribution in [0.25, 0.3) is 0 Å². The maximum atomic E-state index is 5.94. The molecule has 0 bridgehead atoms. The highest BCUT2D eigenvalue weighted by Gasteiger charge is 2.21. The predicted octanol–water partition coefficient (Wildman–Crippen LogP) is 0.592. The molecule has 2 rings (SSSR count). The zero-order valence-corrected chi connectivity index (χ0v) is 9.36. The molecule has 1 atom stereocenters. The standard InChI is InChI=1S/C10H16N2OSi/c11-8-4-3-5-9(10(8)12)14-7-2-1-6-13-14/h3-5,14H,1-2,6-7,11-12H2. The van der Waals surface area contributed by atoms with Crippen molar-refractivity contribution in [2.45, 2.75) is 18.9 Å². The van der Waals surface area contributed by atoms with Crippen LogP contribution in [0, 0.1) is 0 Å². The summed E-state index contributed by atoms with van der Waals surface area (Å²) in [5, 5.41) is 1.18. The molecular weight excluding hydrogens is 192 g/mol. The molecular formula is C10H16N2OSi. The van der Waals surface area contributed by atoms with Crippen molar-refractivity contribution < 1.29 is 4.43 Å². The summed E-state index contributed by atoms with van der Waals surface area (Å²) < 4.78 is 5.80. The molecule has 0 spiro atoms. The highest BCUT2D eigenvalue weighted by molar-refractivity contribution is 6.69. The molecule has 3 nitrogen and oxygen atoms in total. The fourth-order valence-electron chi connectivity index (χ4n) is 1.87. The molecule has 4 heteroatoms. The van der Waals surface area contributed by atoms with Gasteiger partial charge in [-0.1, -0.05) is 18.6 Å². The minimum Gasteiger partial charge on any atom is -0.415 e. The topological polar surface area (TPSA) is 61.3 Å². The Morgan fingerprint density at radius 1 is 1.21 bits per heavy atom. The predicted molar refractivity (Wildman–Crippen MR) is 62.0 cm³/mol. The molecule has 0 saturated carbocycles. The Morgan fingerprint density at radius 2 is 2.07 bits per heavy atom. The van der Waals surface area contributed by atoms with E-state index in [9.17, 15) is 0 Å². The highest BCUT2D eigenvalue weighted by atomic mass is 28.3. The number of rotatable bonds is 1. The van der Waals surface area contributed by atoms with Crippen LogP contribution in [-0.4, -0.2) is 15.6 Å². The van der Waals surface area contributed by atoms with E-state index in [-0.39, 0.29) is 0 Å². The van der Waals surface area contributed by atoms with Crippen molar-refractivity contribution in [2.75, 3.05) is 18.1 Å². The molecule has 1 heterocycles. The summed E-state index contributed by atoms with van der Waals surface area (Å²) in [4.78, 5) is 0. The van der Waals surface area contributed by atoms with E-state index in [0.717, 1.165) is 12.3 Å². The van der Waals surface area contributed by atoms with Gasteiger partial charge in [-0.2, -0.15) is 0 Å². The smallest absolute Gasteiger partial charge is 0.210 e. The molecule has 1 unspecified atom stereocenters. The molecule has 4 N–H and O–H groups in total. The zero-order chi connectivity index (χ0) is 9.97. The average molecular weight is 208 g/mol. The SMILES string of the molecule is Nc1cccc([SiH]2CCCCO2)c1N. The Balaban J connectivity index is 2.26. The van der Waals surface area contributed by atoms with E-state index in [0.29, 0.717) is 5.69 Å². The fourth-order valence-corrected chi connectivity index (χ4v) is 4.48. The van der Waals surface area contributed by atoms with Crippen molar-refractivity contribution in [3.63, 3.8) is 0 Å². The number of hydrogen-bond donors (Lipinski definition) is 2. The van der Waals surface area contributed by atoms with Gasteiger partial charge in [-0.15, -0.1) is 0 Å². The summed E-state index contributed by atoms with van der Waals surface area (Å²) in [6.07, 6.45) is 2.46. The first-order chi connectivity index (χ1) is 6.79. The van der Waals surface area contributed by atoms with Crippen molar-refractivity contribution in [1.82, 2.24) is 0 Å². The van der Waals surface area contributed by atoms with Crippen molar-refractivity contribution in [3.05, 3.63) is 18.2 Å². The number of nitrogen functional groups attached to an aromatic ring is 2. The summed E-state index contributed by atoms with van der Waals surface area (Å²) >= 11 is 0. The first-order valence-corrected chi connectivity index (χ1v) is 6.91. The molecule has 0 aromatic heterocycles. The fraction of sp³-hybridized carbons (Fsp3) is 0.400. The first kappa shape index (κ1) is 9.55. The number of anilines is 2. The number of nitrogens with two attached hydrogens (primary N) is 2. The van der Waals surface area contributed by atoms with Crippen molar-refractivity contribution in [1.29, 1.82) is 0 Å². The molecule has 1 saturated heterocycles. The van der Waals surface area contributed by atoms with Gasteiger partial charge in [0.05, 0.1) is 11.4 Å². The Morgan fingerprint density at radius 3 is 2.79 bits per heavy atom. The quantitative estimate of drug-likeness (QED) is 0.524. The second-order valence-electron chi connectivity index (χ2n) is 3.71. The van der Waals surface area contributed by atoms with Crippen LogP contribution >= 0.6 is 0 Å². The Labute approximate surface area is 85.8 Å². The molecule has 0 radical (unpaired) electrons. The largest absolute Gasteiger partial charge is 0.415 e. The summed E-state index contributed by atoms with van der Waals surface area (Å²) in [5.41, 5.74) is 13.1. The lowest BCUT2D eigenvalue weighted by Crippen LogP contribution is -2.38. The number of para-hydroxylation sites is 1. The van der Waals surface area contributed by atoms with Crippen LogP contribution in [0.3, 0.4) is 0 Å². The first-order valence-electron chi connectivity index (χ1n) is 5.04. The second-order valence-corrected chi connectivity index (χ2v) is 6.22. The lowest BCUT2D eigenvalue weighted by atomic mass is 10.3. The van der Waals surface area contributed by atoms with Gasteiger partial charge in [-0.3, -0.25) is 0 Å². The average Bonchev–Trinajstić information content (AvgIpc) is 2.23. The number of hydrogen-bond acceptors (Lipinski definition) is 3. The van der Waals surface area contributed by atoms with Crippen LogP contribution in [0.2, 0.25) is 6.04 Å². The third-order valence-electron chi connectivity index (χ3n) is 2.70.